The molecule has 2 aromatic carbocycles. The van der Waals surface area contributed by atoms with Gasteiger partial charge in [0.25, 0.3) is 5.91 Å². The lowest BCUT2D eigenvalue weighted by molar-refractivity contribution is -0.117. The highest BCUT2D eigenvalue weighted by atomic mass is 16.5. The number of nitrogens with zero attached hydrogens (tertiary/aromatic N) is 1. The van der Waals surface area contributed by atoms with E-state index < -0.39 is 0 Å². The number of hydrogen-bond acceptors (Lipinski definition) is 3. The lowest BCUT2D eigenvalue weighted by Gasteiger charge is -2.15. The summed E-state index contributed by atoms with van der Waals surface area (Å²) in [7, 11) is 1.66. The first kappa shape index (κ1) is 17.2. The number of ether oxygens (including phenoxy) is 1. The minimum atomic E-state index is -0.128. The summed E-state index contributed by atoms with van der Waals surface area (Å²) < 4.78 is 5.12. The van der Waals surface area contributed by atoms with E-state index in [0.717, 1.165) is 29.8 Å². The number of amides is 2. The van der Waals surface area contributed by atoms with Gasteiger partial charge in [-0.15, -0.1) is 0 Å². The predicted molar refractivity (Wildman–Crippen MR) is 96.4 cm³/mol. The quantitative estimate of drug-likeness (QED) is 0.881. The van der Waals surface area contributed by atoms with Crippen molar-refractivity contribution in [3.8, 4) is 0 Å². The fourth-order valence-corrected chi connectivity index (χ4v) is 2.99. The molecule has 0 bridgehead atoms. The van der Waals surface area contributed by atoms with E-state index in [1.807, 2.05) is 36.4 Å². The highest BCUT2D eigenvalue weighted by Gasteiger charge is 2.21. The summed E-state index contributed by atoms with van der Waals surface area (Å²) in [5.74, 6) is 0.0181. The second-order valence-corrected chi connectivity index (χ2v) is 6.13. The molecule has 0 spiro atoms. The Hall–Kier alpha value is -2.66. The van der Waals surface area contributed by atoms with Crippen molar-refractivity contribution < 1.29 is 14.3 Å². The van der Waals surface area contributed by atoms with Gasteiger partial charge in [-0.3, -0.25) is 9.59 Å². The molecule has 0 radical (unpaired) electrons. The topological polar surface area (TPSA) is 58.6 Å². The second kappa shape index (κ2) is 7.94. The Morgan fingerprint density at radius 1 is 1.16 bits per heavy atom. The van der Waals surface area contributed by atoms with E-state index >= 15 is 0 Å². The minimum absolute atomic E-state index is 0.128. The number of methoxy groups -OCH3 is 1. The predicted octanol–water partition coefficient (Wildman–Crippen LogP) is 2.89. The third-order valence-electron chi connectivity index (χ3n) is 4.27. The number of nitrogens with one attached hydrogen (secondary N) is 1. The molecule has 5 heteroatoms. The van der Waals surface area contributed by atoms with E-state index in [1.165, 1.54) is 0 Å². The Kier molecular flexibility index (Phi) is 5.46. The third-order valence-corrected chi connectivity index (χ3v) is 4.27. The van der Waals surface area contributed by atoms with E-state index in [0.29, 0.717) is 25.1 Å². The average molecular weight is 338 g/mol. The van der Waals surface area contributed by atoms with Crippen LogP contribution in [-0.2, 0) is 22.7 Å². The van der Waals surface area contributed by atoms with Gasteiger partial charge in [0.1, 0.15) is 0 Å². The number of anilines is 1. The van der Waals surface area contributed by atoms with Gasteiger partial charge in [-0.1, -0.05) is 24.3 Å². The van der Waals surface area contributed by atoms with Gasteiger partial charge in [0.2, 0.25) is 5.91 Å². The van der Waals surface area contributed by atoms with Crippen LogP contribution < -0.4 is 10.2 Å². The van der Waals surface area contributed by atoms with Gasteiger partial charge >= 0.3 is 0 Å². The van der Waals surface area contributed by atoms with Crippen molar-refractivity contribution in [3.63, 3.8) is 0 Å². The summed E-state index contributed by atoms with van der Waals surface area (Å²) in [5.41, 5.74) is 3.55. The summed E-state index contributed by atoms with van der Waals surface area (Å²) in [6.07, 6.45) is 1.49. The number of carbonyl (C=O) groups is 2. The molecule has 1 aliphatic rings. The van der Waals surface area contributed by atoms with Crippen LogP contribution in [0.15, 0.2) is 48.5 Å². The van der Waals surface area contributed by atoms with Crippen LogP contribution in [-0.4, -0.2) is 25.5 Å². The van der Waals surface area contributed by atoms with E-state index in [-0.39, 0.29) is 11.8 Å². The van der Waals surface area contributed by atoms with Crippen LogP contribution in [0.5, 0.6) is 0 Å². The molecule has 0 saturated carbocycles. The van der Waals surface area contributed by atoms with Crippen molar-refractivity contribution in [1.82, 2.24) is 5.32 Å². The van der Waals surface area contributed by atoms with E-state index in [1.54, 1.807) is 24.1 Å². The standard InChI is InChI=1S/C20H22N2O3/c1-25-14-16-5-2-4-15(12-16)13-21-20(24)17-7-9-18(10-8-17)22-11-3-6-19(22)23/h2,4-5,7-10,12H,3,6,11,13-14H2,1H3,(H,21,24). The zero-order valence-electron chi connectivity index (χ0n) is 14.3. The zero-order chi connectivity index (χ0) is 17.6. The van der Waals surface area contributed by atoms with Gasteiger partial charge in [-0.2, -0.15) is 0 Å². The molecule has 0 atom stereocenters. The van der Waals surface area contributed by atoms with Crippen LogP contribution in [0.3, 0.4) is 0 Å². The lowest BCUT2D eigenvalue weighted by Crippen LogP contribution is -2.25. The summed E-state index contributed by atoms with van der Waals surface area (Å²) in [6, 6.07) is 15.1. The molecular formula is C20H22N2O3. The number of hydrogen-bond donors (Lipinski definition) is 1. The molecule has 1 fully saturated rings. The first-order valence-corrected chi connectivity index (χ1v) is 8.43. The smallest absolute Gasteiger partial charge is 0.251 e. The first-order valence-electron chi connectivity index (χ1n) is 8.43. The van der Waals surface area contributed by atoms with Gasteiger partial charge < -0.3 is 15.0 Å². The Balaban J connectivity index is 1.59. The van der Waals surface area contributed by atoms with Crippen molar-refractivity contribution in [2.45, 2.75) is 26.0 Å². The number of benzene rings is 2. The van der Waals surface area contributed by atoms with Crippen LogP contribution >= 0.6 is 0 Å². The molecule has 5 nitrogen and oxygen atoms in total. The lowest BCUT2D eigenvalue weighted by atomic mass is 10.1. The Bertz CT molecular complexity index is 756. The minimum Gasteiger partial charge on any atom is -0.380 e. The molecule has 0 unspecified atom stereocenters. The normalized spacial score (nSPS) is 14.0. The highest BCUT2D eigenvalue weighted by molar-refractivity contribution is 5.97. The van der Waals surface area contributed by atoms with Crippen molar-refractivity contribution >= 4 is 17.5 Å². The largest absolute Gasteiger partial charge is 0.380 e. The van der Waals surface area contributed by atoms with Crippen molar-refractivity contribution in [3.05, 3.63) is 65.2 Å². The molecular weight excluding hydrogens is 316 g/mol. The van der Waals surface area contributed by atoms with Crippen LogP contribution in [0.25, 0.3) is 0 Å². The van der Waals surface area contributed by atoms with Crippen LogP contribution in [0.4, 0.5) is 5.69 Å². The molecule has 0 aromatic heterocycles. The summed E-state index contributed by atoms with van der Waals surface area (Å²) >= 11 is 0. The van der Waals surface area contributed by atoms with E-state index in [9.17, 15) is 9.59 Å². The maximum Gasteiger partial charge on any atom is 0.251 e. The van der Waals surface area contributed by atoms with Gasteiger partial charge in [-0.25, -0.2) is 0 Å². The second-order valence-electron chi connectivity index (χ2n) is 6.13. The fourth-order valence-electron chi connectivity index (χ4n) is 2.99. The summed E-state index contributed by atoms with van der Waals surface area (Å²) in [4.78, 5) is 25.8. The van der Waals surface area contributed by atoms with Gasteiger partial charge in [0, 0.05) is 37.9 Å². The van der Waals surface area contributed by atoms with Crippen LogP contribution in [0, 0.1) is 0 Å². The molecule has 1 saturated heterocycles. The van der Waals surface area contributed by atoms with Crippen molar-refractivity contribution in [2.75, 3.05) is 18.6 Å². The van der Waals surface area contributed by atoms with E-state index in [4.69, 9.17) is 4.74 Å². The maximum atomic E-state index is 12.3. The SMILES string of the molecule is COCc1cccc(CNC(=O)c2ccc(N3CCCC3=O)cc2)c1. The molecule has 1 N–H and O–H groups in total. The summed E-state index contributed by atoms with van der Waals surface area (Å²) in [5, 5.41) is 2.92. The third kappa shape index (κ3) is 4.25. The first-order chi connectivity index (χ1) is 12.2. The fraction of sp³-hybridized carbons (Fsp3) is 0.300. The van der Waals surface area contributed by atoms with Crippen molar-refractivity contribution in [1.29, 1.82) is 0 Å². The highest BCUT2D eigenvalue weighted by Crippen LogP contribution is 2.21. The molecule has 2 aromatic rings. The van der Waals surface area contributed by atoms with Gasteiger partial charge in [0.05, 0.1) is 6.61 Å². The number of rotatable bonds is 6. The molecule has 3 rings (SSSR count). The van der Waals surface area contributed by atoms with Crippen LogP contribution in [0.2, 0.25) is 0 Å². The van der Waals surface area contributed by atoms with E-state index in [2.05, 4.69) is 5.32 Å². The Labute approximate surface area is 147 Å². The number of carbonyl (C=O) groups excluding carboxylic acids is 2. The Morgan fingerprint density at radius 3 is 2.60 bits per heavy atom. The molecule has 2 amide bonds. The Morgan fingerprint density at radius 2 is 1.92 bits per heavy atom. The van der Waals surface area contributed by atoms with Crippen molar-refractivity contribution in [2.24, 2.45) is 0 Å². The molecule has 1 heterocycles. The monoisotopic (exact) mass is 338 g/mol. The average Bonchev–Trinajstić information content (AvgIpc) is 3.06. The zero-order valence-corrected chi connectivity index (χ0v) is 14.3. The molecule has 0 aliphatic carbocycles. The summed E-state index contributed by atoms with van der Waals surface area (Å²) in [6.45, 7) is 1.77. The maximum absolute atomic E-state index is 12.3. The van der Waals surface area contributed by atoms with Crippen LogP contribution in [0.1, 0.15) is 34.3 Å². The van der Waals surface area contributed by atoms with Gasteiger partial charge in [0.15, 0.2) is 0 Å². The molecule has 1 aliphatic heterocycles. The molecule has 130 valence electrons. The van der Waals surface area contributed by atoms with Gasteiger partial charge in [-0.05, 0) is 41.8 Å². The molecule has 25 heavy (non-hydrogen) atoms.